The van der Waals surface area contributed by atoms with Crippen molar-refractivity contribution >= 4 is 33.8 Å². The number of aromatic nitrogens is 4. The third-order valence-corrected chi connectivity index (χ3v) is 6.94. The number of hydrogen-bond acceptors (Lipinski definition) is 6. The van der Waals surface area contributed by atoms with Gasteiger partial charge in [-0.15, -0.1) is 0 Å². The van der Waals surface area contributed by atoms with Crippen molar-refractivity contribution in [2.45, 2.75) is 44.4 Å². The van der Waals surface area contributed by atoms with Crippen LogP contribution in [-0.2, 0) is 7.05 Å². The molecule has 1 aliphatic heterocycles. The molecule has 3 N–H and O–H groups in total. The number of nitrogens with zero attached hydrogens (tertiary/aromatic N) is 5. The van der Waals surface area contributed by atoms with Gasteiger partial charge in [0, 0.05) is 68.0 Å². The van der Waals surface area contributed by atoms with Gasteiger partial charge in [0.25, 0.3) is 5.91 Å². The van der Waals surface area contributed by atoms with E-state index in [-0.39, 0.29) is 23.7 Å². The molecule has 1 saturated heterocycles. The molecule has 1 amide bonds. The van der Waals surface area contributed by atoms with Crippen LogP contribution in [0.3, 0.4) is 0 Å². The number of nitrogens with one attached hydrogen (secondary N) is 2. The van der Waals surface area contributed by atoms with E-state index in [1.54, 1.807) is 34.5 Å². The summed E-state index contributed by atoms with van der Waals surface area (Å²) < 4.78 is 17.8. The van der Waals surface area contributed by atoms with Gasteiger partial charge in [0.05, 0.1) is 23.0 Å². The highest BCUT2D eigenvalue weighted by molar-refractivity contribution is 6.13. The Labute approximate surface area is 201 Å². The number of aliphatic hydroxyl groups excluding tert-OH is 1. The molecule has 3 aromatic heterocycles. The highest BCUT2D eigenvalue weighted by atomic mass is 19.1. The molecule has 0 bridgehead atoms. The number of anilines is 2. The van der Waals surface area contributed by atoms with Crippen LogP contribution in [0.1, 0.15) is 35.3 Å². The molecular weight excluding hydrogens is 449 g/mol. The van der Waals surface area contributed by atoms with E-state index in [1.807, 2.05) is 19.3 Å². The minimum atomic E-state index is -0.497. The average molecular weight is 478 g/mol. The number of fused-ring (bicyclic) bond motifs is 2. The Hall–Kier alpha value is -3.50. The van der Waals surface area contributed by atoms with Crippen molar-refractivity contribution in [3.05, 3.63) is 53.9 Å². The van der Waals surface area contributed by atoms with Gasteiger partial charge in [-0.3, -0.25) is 9.48 Å². The van der Waals surface area contributed by atoms with E-state index in [0.29, 0.717) is 28.5 Å². The molecule has 1 aliphatic carbocycles. The fourth-order valence-electron chi connectivity index (χ4n) is 5.06. The molecule has 10 heteroatoms. The Morgan fingerprint density at radius 2 is 1.97 bits per heavy atom. The van der Waals surface area contributed by atoms with Gasteiger partial charge in [-0.05, 0) is 38.3 Å². The van der Waals surface area contributed by atoms with Crippen LogP contribution >= 0.6 is 0 Å². The number of imidazole rings is 1. The molecule has 1 aromatic carbocycles. The standard InChI is InChI=1S/C25H28FN7O2/c1-14-11-33-12-16(9-19(26)24(33)27-14)29-25(35)17-3-4-21(18-13-31(2)30-23(17)18)32-7-5-15(6-8-32)28-20-10-22(20)34/h3-4,9,11-13,15,20,22,28,34H,5-8,10H2,1-2H3,(H,29,35)/t20?,22-/m0/s1. The van der Waals surface area contributed by atoms with Gasteiger partial charge in [0.15, 0.2) is 11.5 Å². The second-order valence-corrected chi connectivity index (χ2v) is 9.68. The first kappa shape index (κ1) is 22.0. The van der Waals surface area contributed by atoms with Crippen LogP contribution in [0.5, 0.6) is 0 Å². The van der Waals surface area contributed by atoms with E-state index in [0.717, 1.165) is 43.4 Å². The summed E-state index contributed by atoms with van der Waals surface area (Å²) in [6.07, 6.45) is 7.95. The summed E-state index contributed by atoms with van der Waals surface area (Å²) in [6, 6.07) is 5.71. The maximum absolute atomic E-state index is 14.5. The van der Waals surface area contributed by atoms with E-state index < -0.39 is 5.82 Å². The lowest BCUT2D eigenvalue weighted by Gasteiger charge is -2.34. The Kier molecular flexibility index (Phi) is 5.23. The summed E-state index contributed by atoms with van der Waals surface area (Å²) in [5.74, 6) is -0.843. The van der Waals surface area contributed by atoms with E-state index in [4.69, 9.17) is 0 Å². The third kappa shape index (κ3) is 4.12. The topological polar surface area (TPSA) is 99.7 Å². The van der Waals surface area contributed by atoms with Crippen molar-refractivity contribution < 1.29 is 14.3 Å². The Morgan fingerprint density at radius 1 is 1.20 bits per heavy atom. The predicted molar refractivity (Wildman–Crippen MR) is 131 cm³/mol. The number of benzene rings is 1. The Bertz CT molecular complexity index is 1440. The molecule has 9 nitrogen and oxygen atoms in total. The largest absolute Gasteiger partial charge is 0.391 e. The van der Waals surface area contributed by atoms with E-state index in [9.17, 15) is 14.3 Å². The zero-order valence-corrected chi connectivity index (χ0v) is 19.7. The van der Waals surface area contributed by atoms with Gasteiger partial charge in [0.2, 0.25) is 0 Å². The summed E-state index contributed by atoms with van der Waals surface area (Å²) in [6.45, 7) is 3.57. The van der Waals surface area contributed by atoms with Crippen molar-refractivity contribution in [3.8, 4) is 0 Å². The van der Waals surface area contributed by atoms with Crippen molar-refractivity contribution in [2.75, 3.05) is 23.3 Å². The zero-order chi connectivity index (χ0) is 24.3. The highest BCUT2D eigenvalue weighted by Crippen LogP contribution is 2.32. The smallest absolute Gasteiger partial charge is 0.257 e. The summed E-state index contributed by atoms with van der Waals surface area (Å²) in [5, 5.41) is 21.4. The number of piperidine rings is 1. The zero-order valence-electron chi connectivity index (χ0n) is 19.7. The predicted octanol–water partition coefficient (Wildman–Crippen LogP) is 2.61. The lowest BCUT2D eigenvalue weighted by molar-refractivity contribution is 0.102. The second kappa shape index (κ2) is 8.31. The number of amides is 1. The van der Waals surface area contributed by atoms with Gasteiger partial charge in [-0.25, -0.2) is 9.37 Å². The number of hydrogen-bond donors (Lipinski definition) is 3. The van der Waals surface area contributed by atoms with Gasteiger partial charge in [-0.1, -0.05) is 0 Å². The van der Waals surface area contributed by atoms with Crippen LogP contribution in [0, 0.1) is 12.7 Å². The molecule has 4 heterocycles. The summed E-state index contributed by atoms with van der Waals surface area (Å²) >= 11 is 0. The molecule has 182 valence electrons. The van der Waals surface area contributed by atoms with Crippen LogP contribution in [0.4, 0.5) is 15.8 Å². The fourth-order valence-corrected chi connectivity index (χ4v) is 5.06. The molecule has 0 spiro atoms. The molecule has 6 rings (SSSR count). The lowest BCUT2D eigenvalue weighted by Crippen LogP contribution is -2.44. The van der Waals surface area contributed by atoms with Gasteiger partial charge in [-0.2, -0.15) is 5.10 Å². The van der Waals surface area contributed by atoms with Crippen molar-refractivity contribution in [3.63, 3.8) is 0 Å². The molecule has 2 aliphatic rings. The average Bonchev–Trinajstić information content (AvgIpc) is 3.17. The SMILES string of the molecule is Cc1cn2cc(NC(=O)c3ccc(N4CCC(NC5C[C@@H]5O)CC4)c4cn(C)nc34)cc(F)c2n1. The minimum absolute atomic E-state index is 0.191. The van der Waals surface area contributed by atoms with Crippen LogP contribution in [-0.4, -0.2) is 61.5 Å². The summed E-state index contributed by atoms with van der Waals surface area (Å²) in [5.41, 5.74) is 3.37. The van der Waals surface area contributed by atoms with Crippen molar-refractivity contribution in [2.24, 2.45) is 7.05 Å². The van der Waals surface area contributed by atoms with Crippen molar-refractivity contribution in [1.82, 2.24) is 24.5 Å². The minimum Gasteiger partial charge on any atom is -0.391 e. The normalized spacial score (nSPS) is 20.6. The quantitative estimate of drug-likeness (QED) is 0.409. The molecule has 1 saturated carbocycles. The van der Waals surface area contributed by atoms with Gasteiger partial charge in [0.1, 0.15) is 5.52 Å². The first-order valence-corrected chi connectivity index (χ1v) is 12.0. The molecule has 0 radical (unpaired) electrons. The first-order valence-electron chi connectivity index (χ1n) is 12.0. The Balaban J connectivity index is 1.24. The fraction of sp³-hybridized carbons (Fsp3) is 0.400. The van der Waals surface area contributed by atoms with E-state index >= 15 is 0 Å². The van der Waals surface area contributed by atoms with Crippen LogP contribution in [0.2, 0.25) is 0 Å². The number of carbonyl (C=O) groups is 1. The summed E-state index contributed by atoms with van der Waals surface area (Å²) in [7, 11) is 1.84. The number of aliphatic hydroxyl groups is 1. The van der Waals surface area contributed by atoms with Crippen molar-refractivity contribution in [1.29, 1.82) is 0 Å². The molecule has 2 atom stereocenters. The summed E-state index contributed by atoms with van der Waals surface area (Å²) in [4.78, 5) is 19.7. The maximum Gasteiger partial charge on any atom is 0.257 e. The Morgan fingerprint density at radius 3 is 2.71 bits per heavy atom. The number of rotatable bonds is 5. The third-order valence-electron chi connectivity index (χ3n) is 6.94. The lowest BCUT2D eigenvalue weighted by atomic mass is 10.0. The molecule has 1 unspecified atom stereocenters. The molecular formula is C25H28FN7O2. The molecule has 4 aromatic rings. The van der Waals surface area contributed by atoms with Crippen LogP contribution in [0.25, 0.3) is 16.6 Å². The van der Waals surface area contributed by atoms with Crippen LogP contribution < -0.4 is 15.5 Å². The van der Waals surface area contributed by atoms with E-state index in [2.05, 4.69) is 25.6 Å². The maximum atomic E-state index is 14.5. The van der Waals surface area contributed by atoms with Gasteiger partial charge < -0.3 is 25.0 Å². The molecule has 2 fully saturated rings. The van der Waals surface area contributed by atoms with E-state index in [1.165, 1.54) is 6.07 Å². The second-order valence-electron chi connectivity index (χ2n) is 9.68. The number of carbonyl (C=O) groups excluding carboxylic acids is 1. The van der Waals surface area contributed by atoms with Crippen LogP contribution in [0.15, 0.2) is 36.8 Å². The monoisotopic (exact) mass is 477 g/mol. The number of pyridine rings is 1. The number of aryl methyl sites for hydroxylation is 2. The van der Waals surface area contributed by atoms with Gasteiger partial charge >= 0.3 is 0 Å². The number of halogens is 1. The first-order chi connectivity index (χ1) is 16.9. The highest BCUT2D eigenvalue weighted by Gasteiger charge is 2.37. The molecule has 35 heavy (non-hydrogen) atoms.